The summed E-state index contributed by atoms with van der Waals surface area (Å²) in [7, 11) is 0. The van der Waals surface area contributed by atoms with Crippen LogP contribution in [0, 0.1) is 19.3 Å². The number of nitrogens with zero attached hydrogens (tertiary/aromatic N) is 3. The number of benzene rings is 2. The number of rotatable bonds is 7. The van der Waals surface area contributed by atoms with E-state index in [1.165, 1.54) is 4.68 Å². The fraction of sp³-hybridized carbons (Fsp3) is 0.269. The zero-order valence-corrected chi connectivity index (χ0v) is 18.8. The number of hydrogen-bond acceptors (Lipinski definition) is 5. The Labute approximate surface area is 192 Å². The van der Waals surface area contributed by atoms with E-state index < -0.39 is 0 Å². The third-order valence-electron chi connectivity index (χ3n) is 6.39. The molecule has 0 bridgehead atoms. The highest BCUT2D eigenvalue weighted by atomic mass is 16.3. The SMILES string of the molecule is Cc1cccc(-c2n[nH]c(NCC3(CO)CC3)c2-c2ccc(=O)n(-c3ccccc3C)n2)c1. The highest BCUT2D eigenvalue weighted by Crippen LogP contribution is 2.45. The first-order valence-corrected chi connectivity index (χ1v) is 11.2. The highest BCUT2D eigenvalue weighted by Gasteiger charge is 2.42. The van der Waals surface area contributed by atoms with Crippen LogP contribution in [0.2, 0.25) is 0 Å². The minimum atomic E-state index is -0.194. The largest absolute Gasteiger partial charge is 0.396 e. The second-order valence-electron chi connectivity index (χ2n) is 8.96. The Kier molecular flexibility index (Phi) is 5.34. The fourth-order valence-electron chi connectivity index (χ4n) is 4.08. The summed E-state index contributed by atoms with van der Waals surface area (Å²) < 4.78 is 1.44. The number of para-hydroxylation sites is 1. The summed E-state index contributed by atoms with van der Waals surface area (Å²) in [6.07, 6.45) is 2.00. The Bertz CT molecular complexity index is 1370. The lowest BCUT2D eigenvalue weighted by atomic mass is 10.0. The molecule has 33 heavy (non-hydrogen) atoms. The maximum absolute atomic E-state index is 12.7. The lowest BCUT2D eigenvalue weighted by Gasteiger charge is -2.15. The van der Waals surface area contributed by atoms with Gasteiger partial charge in [0.05, 0.1) is 23.6 Å². The molecule has 0 saturated heterocycles. The third-order valence-corrected chi connectivity index (χ3v) is 6.39. The van der Waals surface area contributed by atoms with E-state index in [0.29, 0.717) is 12.2 Å². The van der Waals surface area contributed by atoms with Gasteiger partial charge in [-0.1, -0.05) is 42.0 Å². The molecule has 3 N–H and O–H groups in total. The molecule has 4 aromatic rings. The summed E-state index contributed by atoms with van der Waals surface area (Å²) in [6, 6.07) is 19.1. The molecule has 0 unspecified atom stereocenters. The molecule has 1 fully saturated rings. The number of H-pyrrole nitrogens is 1. The standard InChI is InChI=1S/C26H27N5O2/c1-17-6-5-8-19(14-17)24-23(25(29-28-24)27-15-26(16-32)12-13-26)20-10-11-22(33)31(30-20)21-9-4-3-7-18(21)2/h3-11,14,32H,12-13,15-16H2,1-2H3,(H2,27,28,29). The Morgan fingerprint density at radius 3 is 2.64 bits per heavy atom. The number of nitrogens with one attached hydrogen (secondary N) is 2. The molecule has 1 aliphatic rings. The molecule has 7 nitrogen and oxygen atoms in total. The van der Waals surface area contributed by atoms with Gasteiger partial charge >= 0.3 is 0 Å². The van der Waals surface area contributed by atoms with Crippen LogP contribution in [0.3, 0.4) is 0 Å². The topological polar surface area (TPSA) is 95.8 Å². The van der Waals surface area contributed by atoms with Gasteiger partial charge in [0.25, 0.3) is 5.56 Å². The van der Waals surface area contributed by atoms with E-state index >= 15 is 0 Å². The smallest absolute Gasteiger partial charge is 0.271 e. The third kappa shape index (κ3) is 4.07. The van der Waals surface area contributed by atoms with Crippen LogP contribution >= 0.6 is 0 Å². The van der Waals surface area contributed by atoms with Crippen LogP contribution in [-0.2, 0) is 0 Å². The Morgan fingerprint density at radius 2 is 1.91 bits per heavy atom. The van der Waals surface area contributed by atoms with Crippen molar-refractivity contribution in [1.82, 2.24) is 20.0 Å². The number of aryl methyl sites for hydroxylation is 2. The summed E-state index contributed by atoms with van der Waals surface area (Å²) in [4.78, 5) is 12.7. The van der Waals surface area contributed by atoms with Gasteiger partial charge in [-0.3, -0.25) is 9.89 Å². The molecule has 1 aliphatic carbocycles. The van der Waals surface area contributed by atoms with E-state index in [1.807, 2.05) is 56.3 Å². The average molecular weight is 442 g/mol. The van der Waals surface area contributed by atoms with Crippen molar-refractivity contribution < 1.29 is 5.11 Å². The molecule has 7 heteroatoms. The average Bonchev–Trinajstić information content (AvgIpc) is 3.49. The quantitative estimate of drug-likeness (QED) is 0.401. The van der Waals surface area contributed by atoms with Crippen molar-refractivity contribution in [2.45, 2.75) is 26.7 Å². The van der Waals surface area contributed by atoms with Crippen molar-refractivity contribution >= 4 is 5.82 Å². The number of aliphatic hydroxyl groups excluding tert-OH is 1. The van der Waals surface area contributed by atoms with Crippen LogP contribution in [0.15, 0.2) is 65.5 Å². The predicted octanol–water partition coefficient (Wildman–Crippen LogP) is 4.09. The first-order chi connectivity index (χ1) is 16.0. The maximum Gasteiger partial charge on any atom is 0.271 e. The Balaban J connectivity index is 1.64. The number of aliphatic hydroxyl groups is 1. The van der Waals surface area contributed by atoms with Crippen molar-refractivity contribution in [1.29, 1.82) is 0 Å². The Hall–Kier alpha value is -3.71. The molecule has 2 aromatic carbocycles. The lowest BCUT2D eigenvalue weighted by molar-refractivity contribution is 0.219. The molecule has 0 radical (unpaired) electrons. The summed E-state index contributed by atoms with van der Waals surface area (Å²) in [5, 5.41) is 25.7. The van der Waals surface area contributed by atoms with E-state index in [9.17, 15) is 9.90 Å². The molecule has 0 atom stereocenters. The first kappa shape index (κ1) is 21.2. The van der Waals surface area contributed by atoms with Gasteiger partial charge in [-0.15, -0.1) is 0 Å². The second kappa shape index (κ2) is 8.33. The number of hydrogen-bond donors (Lipinski definition) is 3. The molecule has 5 rings (SSSR count). The minimum Gasteiger partial charge on any atom is -0.396 e. The van der Waals surface area contributed by atoms with Gasteiger partial charge in [0, 0.05) is 23.6 Å². The van der Waals surface area contributed by atoms with Gasteiger partial charge in [-0.25, -0.2) is 0 Å². The molecule has 0 spiro atoms. The minimum absolute atomic E-state index is 0.0702. The van der Waals surface area contributed by atoms with Gasteiger partial charge in [0.2, 0.25) is 0 Å². The molecule has 0 aliphatic heterocycles. The number of aromatic nitrogens is 4. The van der Waals surface area contributed by atoms with Gasteiger partial charge in [-0.2, -0.15) is 14.9 Å². The summed E-state index contributed by atoms with van der Waals surface area (Å²) >= 11 is 0. The van der Waals surface area contributed by atoms with Crippen LogP contribution in [0.4, 0.5) is 5.82 Å². The van der Waals surface area contributed by atoms with Crippen molar-refractivity contribution in [2.24, 2.45) is 5.41 Å². The van der Waals surface area contributed by atoms with Crippen molar-refractivity contribution in [3.63, 3.8) is 0 Å². The van der Waals surface area contributed by atoms with Crippen LogP contribution in [0.1, 0.15) is 24.0 Å². The molecular formula is C26H27N5O2. The maximum atomic E-state index is 12.7. The van der Waals surface area contributed by atoms with Gasteiger partial charge in [-0.05, 0) is 50.5 Å². The van der Waals surface area contributed by atoms with Crippen LogP contribution in [0.5, 0.6) is 0 Å². The number of aromatic amines is 1. The Morgan fingerprint density at radius 1 is 1.09 bits per heavy atom. The summed E-state index contributed by atoms with van der Waals surface area (Å²) in [5.74, 6) is 0.730. The van der Waals surface area contributed by atoms with E-state index in [0.717, 1.165) is 52.3 Å². The molecular weight excluding hydrogens is 414 g/mol. The van der Waals surface area contributed by atoms with Gasteiger partial charge in [0.1, 0.15) is 11.5 Å². The van der Waals surface area contributed by atoms with Crippen LogP contribution in [-0.4, -0.2) is 38.2 Å². The van der Waals surface area contributed by atoms with E-state index in [4.69, 9.17) is 5.10 Å². The van der Waals surface area contributed by atoms with Crippen molar-refractivity contribution in [2.75, 3.05) is 18.5 Å². The van der Waals surface area contributed by atoms with E-state index in [-0.39, 0.29) is 17.6 Å². The second-order valence-corrected chi connectivity index (χ2v) is 8.96. The fourth-order valence-corrected chi connectivity index (χ4v) is 4.08. The molecule has 0 amide bonds. The van der Waals surface area contributed by atoms with E-state index in [2.05, 4.69) is 21.6 Å². The summed E-state index contributed by atoms with van der Waals surface area (Å²) in [5.41, 5.74) is 5.75. The molecule has 168 valence electrons. The van der Waals surface area contributed by atoms with Crippen molar-refractivity contribution in [3.8, 4) is 28.2 Å². The van der Waals surface area contributed by atoms with Crippen LogP contribution in [0.25, 0.3) is 28.2 Å². The molecule has 2 aromatic heterocycles. The first-order valence-electron chi connectivity index (χ1n) is 11.2. The monoisotopic (exact) mass is 441 g/mol. The zero-order valence-electron chi connectivity index (χ0n) is 18.8. The predicted molar refractivity (Wildman–Crippen MR) is 130 cm³/mol. The normalized spacial score (nSPS) is 14.3. The molecule has 1 saturated carbocycles. The van der Waals surface area contributed by atoms with Crippen molar-refractivity contribution in [3.05, 3.63) is 82.1 Å². The highest BCUT2D eigenvalue weighted by molar-refractivity contribution is 5.87. The van der Waals surface area contributed by atoms with E-state index in [1.54, 1.807) is 12.1 Å². The summed E-state index contributed by atoms with van der Waals surface area (Å²) in [6.45, 7) is 4.81. The van der Waals surface area contributed by atoms with Crippen LogP contribution < -0.4 is 10.9 Å². The zero-order chi connectivity index (χ0) is 23.0. The van der Waals surface area contributed by atoms with Gasteiger partial charge in [0.15, 0.2) is 0 Å². The molecule has 2 heterocycles. The van der Waals surface area contributed by atoms with Gasteiger partial charge < -0.3 is 10.4 Å². The lowest BCUT2D eigenvalue weighted by Crippen LogP contribution is -2.22. The number of anilines is 1.